The Balaban J connectivity index is 1.95. The molecule has 2 aromatic carbocycles. The van der Waals surface area contributed by atoms with Gasteiger partial charge in [-0.25, -0.2) is 9.78 Å². The van der Waals surface area contributed by atoms with Crippen molar-refractivity contribution >= 4 is 34.4 Å². The number of para-hydroxylation sites is 1. The Hall–Kier alpha value is -2.84. The number of benzene rings is 2. The van der Waals surface area contributed by atoms with Crippen LogP contribution in [0.4, 0.5) is 10.5 Å². The summed E-state index contributed by atoms with van der Waals surface area (Å²) in [7, 11) is 3.32. The van der Waals surface area contributed by atoms with Crippen molar-refractivity contribution in [2.24, 2.45) is 0 Å². The van der Waals surface area contributed by atoms with Crippen molar-refractivity contribution in [1.82, 2.24) is 14.5 Å². The second-order valence-electron chi connectivity index (χ2n) is 7.13. The van der Waals surface area contributed by atoms with Crippen LogP contribution in [0.3, 0.4) is 0 Å². The van der Waals surface area contributed by atoms with Gasteiger partial charge in [0.15, 0.2) is 0 Å². The van der Waals surface area contributed by atoms with Crippen LogP contribution in [0.1, 0.15) is 25.2 Å². The van der Waals surface area contributed by atoms with Crippen LogP contribution in [0.2, 0.25) is 0 Å². The second-order valence-corrected chi connectivity index (χ2v) is 8.01. The number of carbonyl (C=O) groups is 1. The number of methoxy groups -OCH3 is 1. The second kappa shape index (κ2) is 10.5. The number of rotatable bonds is 8. The van der Waals surface area contributed by atoms with Crippen LogP contribution in [-0.2, 0) is 11.3 Å². The first kappa shape index (κ1) is 22.8. The van der Waals surface area contributed by atoms with Crippen molar-refractivity contribution < 1.29 is 9.53 Å². The van der Waals surface area contributed by atoms with E-state index in [2.05, 4.69) is 5.32 Å². The van der Waals surface area contributed by atoms with Gasteiger partial charge < -0.3 is 15.0 Å². The van der Waals surface area contributed by atoms with Gasteiger partial charge in [-0.2, -0.15) is 0 Å². The van der Waals surface area contributed by atoms with Crippen LogP contribution in [0.25, 0.3) is 10.9 Å². The molecule has 0 fully saturated rings. The number of hydrogen-bond donors (Lipinski definition) is 1. The smallest absolute Gasteiger partial charge is 0.322 e. The van der Waals surface area contributed by atoms with E-state index >= 15 is 0 Å². The number of nitrogens with zero attached hydrogens (tertiary/aromatic N) is 3. The highest BCUT2D eigenvalue weighted by Gasteiger charge is 2.26. The standard InChI is InChI=1S/C23H28N4O3S/c1-5-20(26(2)23(29)24-16-10-12-17(31-4)13-11-16)21-25-19-9-7-6-8-18(19)22(28)27(21)14-15-30-3/h6-13,20H,5,14-15H2,1-4H3,(H,24,29). The maximum Gasteiger partial charge on any atom is 0.322 e. The van der Waals surface area contributed by atoms with Crippen molar-refractivity contribution in [3.8, 4) is 0 Å². The fourth-order valence-corrected chi connectivity index (χ4v) is 3.90. The number of carbonyl (C=O) groups excluding carboxylic acids is 1. The average Bonchev–Trinajstić information content (AvgIpc) is 2.79. The molecule has 3 aromatic rings. The SMILES string of the molecule is CCC(c1nc2ccccc2c(=O)n1CCOC)N(C)C(=O)Nc1ccc(SC)cc1. The number of fused-ring (bicyclic) bond motifs is 1. The van der Waals surface area contributed by atoms with Gasteiger partial charge in [-0.1, -0.05) is 19.1 Å². The number of anilines is 1. The molecule has 1 aromatic heterocycles. The minimum atomic E-state index is -0.375. The van der Waals surface area contributed by atoms with Crippen molar-refractivity contribution in [3.05, 3.63) is 64.7 Å². The van der Waals surface area contributed by atoms with Gasteiger partial charge in [0.25, 0.3) is 5.56 Å². The van der Waals surface area contributed by atoms with Crippen molar-refractivity contribution in [2.75, 3.05) is 32.3 Å². The summed E-state index contributed by atoms with van der Waals surface area (Å²) < 4.78 is 6.83. The Labute approximate surface area is 186 Å². The summed E-state index contributed by atoms with van der Waals surface area (Å²) in [6.45, 7) is 2.72. The Kier molecular flexibility index (Phi) is 7.70. The molecule has 1 N–H and O–H groups in total. The molecule has 164 valence electrons. The lowest BCUT2D eigenvalue weighted by Crippen LogP contribution is -2.39. The van der Waals surface area contributed by atoms with Gasteiger partial charge in [-0.3, -0.25) is 9.36 Å². The zero-order valence-electron chi connectivity index (χ0n) is 18.3. The molecule has 1 atom stereocenters. The molecule has 1 heterocycles. The largest absolute Gasteiger partial charge is 0.383 e. The lowest BCUT2D eigenvalue weighted by Gasteiger charge is -2.29. The molecule has 8 heteroatoms. The molecule has 0 radical (unpaired) electrons. The molecule has 0 aliphatic rings. The van der Waals surface area contributed by atoms with E-state index in [1.165, 1.54) is 0 Å². The number of amides is 2. The van der Waals surface area contributed by atoms with E-state index in [0.717, 1.165) is 4.90 Å². The maximum absolute atomic E-state index is 13.2. The highest BCUT2D eigenvalue weighted by atomic mass is 32.2. The Morgan fingerprint density at radius 3 is 2.58 bits per heavy atom. The molecule has 0 saturated carbocycles. The molecule has 3 rings (SSSR count). The molecule has 0 spiro atoms. The topological polar surface area (TPSA) is 76.5 Å². The third kappa shape index (κ3) is 5.08. The average molecular weight is 441 g/mol. The summed E-state index contributed by atoms with van der Waals surface area (Å²) in [4.78, 5) is 33.7. The van der Waals surface area contributed by atoms with Gasteiger partial charge in [0, 0.05) is 24.7 Å². The molecule has 0 aliphatic carbocycles. The zero-order valence-corrected chi connectivity index (χ0v) is 19.1. The van der Waals surface area contributed by atoms with Crippen LogP contribution in [0, 0.1) is 0 Å². The zero-order chi connectivity index (χ0) is 22.4. The monoisotopic (exact) mass is 440 g/mol. The number of nitrogens with one attached hydrogen (secondary N) is 1. The fourth-order valence-electron chi connectivity index (χ4n) is 3.50. The minimum Gasteiger partial charge on any atom is -0.383 e. The van der Waals surface area contributed by atoms with E-state index in [0.29, 0.717) is 42.0 Å². The predicted octanol–water partition coefficient (Wildman–Crippen LogP) is 4.38. The van der Waals surface area contributed by atoms with Crippen molar-refractivity contribution in [2.45, 2.75) is 30.8 Å². The van der Waals surface area contributed by atoms with Gasteiger partial charge in [-0.15, -0.1) is 11.8 Å². The summed E-state index contributed by atoms with van der Waals surface area (Å²) in [6, 6.07) is 14.3. The summed E-state index contributed by atoms with van der Waals surface area (Å²) >= 11 is 1.64. The first-order chi connectivity index (χ1) is 15.0. The van der Waals surface area contributed by atoms with E-state index < -0.39 is 0 Å². The van der Waals surface area contributed by atoms with E-state index in [1.54, 1.807) is 41.5 Å². The third-order valence-corrected chi connectivity index (χ3v) is 5.97. The summed E-state index contributed by atoms with van der Waals surface area (Å²) in [5.74, 6) is 0.554. The van der Waals surface area contributed by atoms with Gasteiger partial charge >= 0.3 is 6.03 Å². The molecular formula is C23H28N4O3S. The lowest BCUT2D eigenvalue weighted by atomic mass is 10.1. The van der Waals surface area contributed by atoms with Gasteiger partial charge in [0.2, 0.25) is 0 Å². The fraction of sp³-hybridized carbons (Fsp3) is 0.348. The lowest BCUT2D eigenvalue weighted by molar-refractivity contribution is 0.177. The Bertz CT molecular complexity index is 1100. The highest BCUT2D eigenvalue weighted by Crippen LogP contribution is 2.24. The number of ether oxygens (including phenoxy) is 1. The molecule has 0 bridgehead atoms. The quantitative estimate of drug-likeness (QED) is 0.526. The van der Waals surface area contributed by atoms with Crippen LogP contribution in [0.15, 0.2) is 58.2 Å². The van der Waals surface area contributed by atoms with E-state index in [-0.39, 0.29) is 17.6 Å². The van der Waals surface area contributed by atoms with Crippen LogP contribution in [-0.4, -0.2) is 47.5 Å². The van der Waals surface area contributed by atoms with Gasteiger partial charge in [0.05, 0.1) is 30.1 Å². The van der Waals surface area contributed by atoms with E-state index in [4.69, 9.17) is 9.72 Å². The molecule has 31 heavy (non-hydrogen) atoms. The molecular weight excluding hydrogens is 412 g/mol. The number of thioether (sulfide) groups is 1. The Morgan fingerprint density at radius 1 is 1.23 bits per heavy atom. The van der Waals surface area contributed by atoms with Gasteiger partial charge in [-0.05, 0) is 49.1 Å². The van der Waals surface area contributed by atoms with Crippen molar-refractivity contribution in [3.63, 3.8) is 0 Å². The van der Waals surface area contributed by atoms with Crippen molar-refractivity contribution in [1.29, 1.82) is 0 Å². The van der Waals surface area contributed by atoms with Crippen LogP contribution < -0.4 is 10.9 Å². The van der Waals surface area contributed by atoms with E-state index in [9.17, 15) is 9.59 Å². The minimum absolute atomic E-state index is 0.127. The summed E-state index contributed by atoms with van der Waals surface area (Å²) in [5.41, 5.74) is 1.21. The first-order valence-electron chi connectivity index (χ1n) is 10.2. The van der Waals surface area contributed by atoms with E-state index in [1.807, 2.05) is 55.6 Å². The Morgan fingerprint density at radius 2 is 1.94 bits per heavy atom. The molecule has 0 aliphatic heterocycles. The maximum atomic E-state index is 13.2. The van der Waals surface area contributed by atoms with Gasteiger partial charge in [0.1, 0.15) is 5.82 Å². The predicted molar refractivity (Wildman–Crippen MR) is 126 cm³/mol. The first-order valence-corrected chi connectivity index (χ1v) is 11.4. The molecule has 2 amide bonds. The third-order valence-electron chi connectivity index (χ3n) is 5.22. The molecule has 1 unspecified atom stereocenters. The summed E-state index contributed by atoms with van der Waals surface area (Å²) in [5, 5.41) is 3.48. The number of urea groups is 1. The number of hydrogen-bond acceptors (Lipinski definition) is 5. The van der Waals surface area contributed by atoms with Crippen LogP contribution in [0.5, 0.6) is 0 Å². The summed E-state index contributed by atoms with van der Waals surface area (Å²) in [6.07, 6.45) is 2.61. The van der Waals surface area contributed by atoms with Crippen LogP contribution >= 0.6 is 11.8 Å². The molecule has 7 nitrogen and oxygen atoms in total. The molecule has 0 saturated heterocycles. The number of aromatic nitrogens is 2. The highest BCUT2D eigenvalue weighted by molar-refractivity contribution is 7.98. The normalized spacial score (nSPS) is 12.0.